The van der Waals surface area contributed by atoms with Gasteiger partial charge in [0.1, 0.15) is 0 Å². The molecule has 0 aliphatic heterocycles. The fourth-order valence-electron chi connectivity index (χ4n) is 2.40. The zero-order valence-electron chi connectivity index (χ0n) is 11.7. The van der Waals surface area contributed by atoms with Gasteiger partial charge in [-0.05, 0) is 0 Å². The molecule has 0 rings (SSSR count). The van der Waals surface area contributed by atoms with E-state index in [0.29, 0.717) is 0 Å². The molecule has 0 spiro atoms. The average molecular weight is 252 g/mol. The normalized spacial score (nSPS) is 14.5. The summed E-state index contributed by atoms with van der Waals surface area (Å²) in [5.74, 6) is 0. The zero-order chi connectivity index (χ0) is 12.8. The van der Waals surface area contributed by atoms with Gasteiger partial charge in [0.25, 0.3) is 0 Å². The molecule has 100 valence electrons. The van der Waals surface area contributed by atoms with Gasteiger partial charge in [-0.1, -0.05) is 0 Å². The second kappa shape index (κ2) is 6.90. The van der Waals surface area contributed by atoms with Gasteiger partial charge in [-0.15, -0.1) is 0 Å². The molecule has 3 nitrogen and oxygen atoms in total. The Morgan fingerprint density at radius 1 is 1.19 bits per heavy atom. The summed E-state index contributed by atoms with van der Waals surface area (Å²) < 4.78 is 11.2. The molecular formula is C12H29O3P. The van der Waals surface area contributed by atoms with Crippen molar-refractivity contribution in [2.75, 3.05) is 7.11 Å². The van der Waals surface area contributed by atoms with Crippen molar-refractivity contribution in [2.24, 2.45) is 0 Å². The first-order chi connectivity index (χ1) is 7.41. The van der Waals surface area contributed by atoms with Crippen molar-refractivity contribution < 1.29 is 13.9 Å². The Kier molecular flexibility index (Phi) is 7.04. The minimum absolute atomic E-state index is 0.00551. The van der Waals surface area contributed by atoms with Crippen LogP contribution in [0.15, 0.2) is 0 Å². The molecular weight excluding hydrogens is 223 g/mol. The third kappa shape index (κ3) is 3.40. The SMILES string of the molecule is CCCC(CC)(CC)[PH](O)(OC)OC(C)C. The Hall–Kier alpha value is 0.310. The molecule has 0 bridgehead atoms. The van der Waals surface area contributed by atoms with E-state index in [2.05, 4.69) is 20.8 Å². The molecule has 0 atom stereocenters. The van der Waals surface area contributed by atoms with Crippen LogP contribution < -0.4 is 0 Å². The van der Waals surface area contributed by atoms with Crippen molar-refractivity contribution in [3.05, 3.63) is 0 Å². The molecule has 0 unspecified atom stereocenters. The quantitative estimate of drug-likeness (QED) is 0.666. The maximum absolute atomic E-state index is 10.7. The predicted molar refractivity (Wildman–Crippen MR) is 72.0 cm³/mol. The third-order valence-electron chi connectivity index (χ3n) is 3.42. The minimum atomic E-state index is -3.09. The van der Waals surface area contributed by atoms with Gasteiger partial charge in [0.15, 0.2) is 0 Å². The van der Waals surface area contributed by atoms with E-state index in [9.17, 15) is 4.89 Å². The molecule has 0 amide bonds. The van der Waals surface area contributed by atoms with Gasteiger partial charge in [0.05, 0.1) is 0 Å². The van der Waals surface area contributed by atoms with Gasteiger partial charge in [0.2, 0.25) is 0 Å². The van der Waals surface area contributed by atoms with Gasteiger partial charge in [-0.2, -0.15) is 0 Å². The van der Waals surface area contributed by atoms with E-state index in [-0.39, 0.29) is 11.3 Å². The fourth-order valence-corrected chi connectivity index (χ4v) is 5.27. The monoisotopic (exact) mass is 252 g/mol. The van der Waals surface area contributed by atoms with Crippen molar-refractivity contribution in [3.63, 3.8) is 0 Å². The van der Waals surface area contributed by atoms with Crippen LogP contribution in [0.4, 0.5) is 0 Å². The first-order valence-corrected chi connectivity index (χ1v) is 8.13. The summed E-state index contributed by atoms with van der Waals surface area (Å²) in [6, 6.07) is 0. The first kappa shape index (κ1) is 16.3. The second-order valence-corrected chi connectivity index (χ2v) is 7.56. The summed E-state index contributed by atoms with van der Waals surface area (Å²) in [5, 5.41) is -0.180. The Morgan fingerprint density at radius 3 is 1.94 bits per heavy atom. The van der Waals surface area contributed by atoms with Crippen molar-refractivity contribution >= 4 is 7.94 Å². The number of hydrogen-bond acceptors (Lipinski definition) is 3. The van der Waals surface area contributed by atoms with Crippen LogP contribution in [0.2, 0.25) is 0 Å². The Bertz CT molecular complexity index is 193. The summed E-state index contributed by atoms with van der Waals surface area (Å²) >= 11 is 0. The van der Waals surface area contributed by atoms with E-state index >= 15 is 0 Å². The topological polar surface area (TPSA) is 38.7 Å². The zero-order valence-corrected chi connectivity index (χ0v) is 12.7. The van der Waals surface area contributed by atoms with E-state index in [1.807, 2.05) is 13.8 Å². The molecule has 0 saturated carbocycles. The standard InChI is InChI=1S/C12H29O3P/c1-7-10-12(8-2,9-3)16(13,14-6)15-11(4)5/h11,13,16H,7-10H2,1-6H3. The number of rotatable bonds is 8. The van der Waals surface area contributed by atoms with Crippen LogP contribution in [0.25, 0.3) is 0 Å². The first-order valence-electron chi connectivity index (χ1n) is 6.36. The molecule has 0 aliphatic rings. The molecule has 0 heterocycles. The molecule has 0 fully saturated rings. The van der Waals surface area contributed by atoms with Crippen LogP contribution in [-0.2, 0) is 9.05 Å². The summed E-state index contributed by atoms with van der Waals surface area (Å²) in [7, 11) is -1.51. The molecule has 0 aromatic heterocycles. The van der Waals surface area contributed by atoms with Crippen molar-refractivity contribution in [3.8, 4) is 0 Å². The molecule has 0 aromatic rings. The van der Waals surface area contributed by atoms with E-state index in [1.165, 1.54) is 0 Å². The molecule has 0 radical (unpaired) electrons. The third-order valence-corrected chi connectivity index (χ3v) is 7.07. The van der Waals surface area contributed by atoms with Crippen LogP contribution >= 0.6 is 7.94 Å². The van der Waals surface area contributed by atoms with Crippen molar-refractivity contribution in [1.29, 1.82) is 0 Å². The summed E-state index contributed by atoms with van der Waals surface area (Å²) in [4.78, 5) is 10.7. The van der Waals surface area contributed by atoms with Crippen LogP contribution in [0, 0.1) is 0 Å². The molecule has 4 heteroatoms. The Labute approximate surface area is 101 Å². The summed E-state index contributed by atoms with van der Waals surface area (Å²) in [6.07, 6.45) is 3.82. The Balaban J connectivity index is 5.08. The van der Waals surface area contributed by atoms with E-state index in [4.69, 9.17) is 9.05 Å². The summed E-state index contributed by atoms with van der Waals surface area (Å²) in [5.41, 5.74) is 0. The molecule has 0 aliphatic carbocycles. The molecule has 16 heavy (non-hydrogen) atoms. The summed E-state index contributed by atoms with van der Waals surface area (Å²) in [6.45, 7) is 10.2. The second-order valence-electron chi connectivity index (χ2n) is 4.69. The molecule has 0 saturated heterocycles. The van der Waals surface area contributed by atoms with E-state index in [1.54, 1.807) is 7.11 Å². The van der Waals surface area contributed by atoms with Crippen molar-refractivity contribution in [2.45, 2.75) is 71.6 Å². The molecule has 0 aromatic carbocycles. The van der Waals surface area contributed by atoms with Gasteiger partial charge in [-0.3, -0.25) is 0 Å². The molecule has 1 N–H and O–H groups in total. The van der Waals surface area contributed by atoms with Gasteiger partial charge in [-0.25, -0.2) is 0 Å². The van der Waals surface area contributed by atoms with Crippen LogP contribution in [-0.4, -0.2) is 23.3 Å². The van der Waals surface area contributed by atoms with Crippen LogP contribution in [0.5, 0.6) is 0 Å². The average Bonchev–Trinajstić information content (AvgIpc) is 2.24. The van der Waals surface area contributed by atoms with Gasteiger partial charge >= 0.3 is 101 Å². The predicted octanol–water partition coefficient (Wildman–Crippen LogP) is 3.90. The van der Waals surface area contributed by atoms with Gasteiger partial charge < -0.3 is 0 Å². The number of hydrogen-bond donors (Lipinski definition) is 1. The van der Waals surface area contributed by atoms with Crippen LogP contribution in [0.1, 0.15) is 60.3 Å². The van der Waals surface area contributed by atoms with Crippen LogP contribution in [0.3, 0.4) is 0 Å². The van der Waals surface area contributed by atoms with E-state index < -0.39 is 7.94 Å². The van der Waals surface area contributed by atoms with Gasteiger partial charge in [0, 0.05) is 0 Å². The van der Waals surface area contributed by atoms with E-state index in [0.717, 1.165) is 25.7 Å². The fraction of sp³-hybridized carbons (Fsp3) is 1.00. The maximum atomic E-state index is 10.7. The van der Waals surface area contributed by atoms with Crippen molar-refractivity contribution in [1.82, 2.24) is 0 Å². The Morgan fingerprint density at radius 2 is 1.69 bits per heavy atom.